The second kappa shape index (κ2) is 17.9. The summed E-state index contributed by atoms with van der Waals surface area (Å²) in [6, 6.07) is 0. The summed E-state index contributed by atoms with van der Waals surface area (Å²) >= 11 is 0. The van der Waals surface area contributed by atoms with Crippen LogP contribution in [0.1, 0.15) is 107 Å². The molecule has 5 aliphatic carbocycles. The van der Waals surface area contributed by atoms with E-state index in [-0.39, 0.29) is 40.6 Å². The molecule has 4 saturated carbocycles. The van der Waals surface area contributed by atoms with Gasteiger partial charge in [0.2, 0.25) is 0 Å². The van der Waals surface area contributed by atoms with Gasteiger partial charge in [0, 0.05) is 10.8 Å². The van der Waals surface area contributed by atoms with Crippen LogP contribution in [-0.2, 0) is 33.2 Å². The molecule has 19 nitrogen and oxygen atoms in total. The van der Waals surface area contributed by atoms with E-state index in [0.717, 1.165) is 38.5 Å². The predicted octanol–water partition coefficient (Wildman–Crippen LogP) is -0.325. The molecule has 0 amide bonds. The fourth-order valence-electron chi connectivity index (χ4n) is 15.2. The number of aliphatic carboxylic acids is 1. The Kier molecular flexibility index (Phi) is 13.9. The van der Waals surface area contributed by atoms with Gasteiger partial charge >= 0.3 is 5.97 Å². The highest BCUT2D eigenvalue weighted by atomic mass is 16.8. The van der Waals surface area contributed by atoms with Gasteiger partial charge in [0.25, 0.3) is 0 Å². The number of hydrogen-bond donors (Lipinski definition) is 12. The van der Waals surface area contributed by atoms with E-state index >= 15 is 0 Å². The van der Waals surface area contributed by atoms with Crippen LogP contribution in [0.25, 0.3) is 0 Å². The van der Waals surface area contributed by atoms with Gasteiger partial charge in [-0.1, -0.05) is 60.1 Å². The lowest BCUT2D eigenvalue weighted by atomic mass is 9.33. The van der Waals surface area contributed by atoms with Crippen LogP contribution in [-0.4, -0.2) is 191 Å². The van der Waals surface area contributed by atoms with E-state index in [9.17, 15) is 66.1 Å². The maximum absolute atomic E-state index is 12.5. The lowest BCUT2D eigenvalue weighted by Gasteiger charge is -2.72. The van der Waals surface area contributed by atoms with Crippen molar-refractivity contribution in [3.05, 3.63) is 11.6 Å². The summed E-state index contributed by atoms with van der Waals surface area (Å²) in [7, 11) is 0. The first-order chi connectivity index (χ1) is 31.2. The maximum Gasteiger partial charge on any atom is 0.335 e. The lowest BCUT2D eigenvalue weighted by molar-refractivity contribution is -0.395. The molecule has 26 atom stereocenters. The molecule has 0 aromatic carbocycles. The Bertz CT molecular complexity index is 1850. The minimum absolute atomic E-state index is 0.0126. The van der Waals surface area contributed by atoms with E-state index in [0.29, 0.717) is 12.8 Å². The van der Waals surface area contributed by atoms with Gasteiger partial charge in [-0.2, -0.15) is 0 Å². The van der Waals surface area contributed by atoms with Crippen LogP contribution in [0, 0.1) is 50.2 Å². The summed E-state index contributed by atoms with van der Waals surface area (Å²) in [5.74, 6) is -1.26. The quantitative estimate of drug-likeness (QED) is 0.104. The molecule has 0 spiro atoms. The van der Waals surface area contributed by atoms with E-state index in [2.05, 4.69) is 47.6 Å². The molecule has 0 aromatic rings. The molecule has 3 saturated heterocycles. The SMILES string of the molecule is C[C@@H]1O[C@@H](O[C@H]2[C@H](O[C@H]3[C@H](O[C@H]4CC[C@]5(C)[C@H]6CC=C7[C@@H]8C[C@](C)(CO)[C@@H](O)[C@@H](O)[C@]8(C)CC[C@@]7(C)[C@]6(C)CC[C@H]5C4(C)C)O[C@H](C(=O)O)[C@@H](O)[C@@H]3O)O[C@H](CO)[C@H](O)[C@@H]2O)[C@H](O)[C@H](O)[C@H]1O. The van der Waals surface area contributed by atoms with Crippen LogP contribution in [0.15, 0.2) is 11.6 Å². The second-order valence-corrected chi connectivity index (χ2v) is 23.6. The third kappa shape index (κ3) is 7.83. The molecule has 67 heavy (non-hydrogen) atoms. The van der Waals surface area contributed by atoms with Gasteiger partial charge in [-0.05, 0) is 97.7 Å². The van der Waals surface area contributed by atoms with Crippen LogP contribution in [0.5, 0.6) is 0 Å². The Morgan fingerprint density at radius 1 is 0.657 bits per heavy atom. The average molecular weight is 959 g/mol. The molecular weight excluding hydrogens is 881 g/mol. The Morgan fingerprint density at radius 3 is 1.91 bits per heavy atom. The van der Waals surface area contributed by atoms with Crippen molar-refractivity contribution in [1.29, 1.82) is 0 Å². The van der Waals surface area contributed by atoms with E-state index in [1.165, 1.54) is 12.5 Å². The number of carboxylic acid groups (broad SMARTS) is 1. The van der Waals surface area contributed by atoms with Crippen molar-refractivity contribution in [1.82, 2.24) is 0 Å². The largest absolute Gasteiger partial charge is 0.479 e. The molecule has 19 heteroatoms. The van der Waals surface area contributed by atoms with Crippen LogP contribution in [0.3, 0.4) is 0 Å². The lowest BCUT2D eigenvalue weighted by Crippen LogP contribution is -2.68. The standard InChI is InChI=1S/C48H78O19/c1-20-27(51)29(53)33(57)40(62-20)66-35-30(54)28(52)23(18-49)63-41(35)67-36-32(56)31(55)34(39(60)61)65-42(36)64-26-12-13-46(6)24(43(26,2)3)11-14-48(8)25(46)10-9-21-22-17-44(4,19-50)37(58)38(59)45(22,5)15-16-47(21,48)7/h9,20,22-38,40-42,49-59H,10-19H2,1-8H3,(H,60,61)/t20-,22-,23+,24-,25+,26-,27-,28-,29+,30-,31-,32-,33+,34-,35+,36+,37-,38+,40-,41-,42+,44+,45+,46-,47+,48+/m0/s1. The number of hydrogen-bond acceptors (Lipinski definition) is 18. The van der Waals surface area contributed by atoms with Crippen molar-refractivity contribution in [3.8, 4) is 0 Å². The highest BCUT2D eigenvalue weighted by Crippen LogP contribution is 2.76. The van der Waals surface area contributed by atoms with Crippen molar-refractivity contribution in [2.75, 3.05) is 13.2 Å². The number of ether oxygens (including phenoxy) is 6. The van der Waals surface area contributed by atoms with Crippen LogP contribution in [0.4, 0.5) is 0 Å². The zero-order valence-electron chi connectivity index (χ0n) is 40.0. The van der Waals surface area contributed by atoms with Gasteiger partial charge in [-0.15, -0.1) is 0 Å². The summed E-state index contributed by atoms with van der Waals surface area (Å²) < 4.78 is 36.3. The number of allylic oxidation sites excluding steroid dienone is 2. The fraction of sp³-hybridized carbons (Fsp3) is 0.938. The number of rotatable bonds is 9. The first kappa shape index (κ1) is 51.9. The molecule has 0 radical (unpaired) electrons. The summed E-state index contributed by atoms with van der Waals surface area (Å²) in [6.07, 6.45) is -20.3. The maximum atomic E-state index is 12.5. The van der Waals surface area contributed by atoms with Crippen LogP contribution in [0.2, 0.25) is 0 Å². The second-order valence-electron chi connectivity index (χ2n) is 23.6. The molecule has 0 aromatic heterocycles. The Labute approximate surface area is 392 Å². The third-order valence-corrected chi connectivity index (χ3v) is 19.8. The smallest absolute Gasteiger partial charge is 0.335 e. The Hall–Kier alpha value is -1.47. The Morgan fingerprint density at radius 2 is 1.28 bits per heavy atom. The molecule has 8 aliphatic rings. The first-order valence-corrected chi connectivity index (χ1v) is 24.4. The highest BCUT2D eigenvalue weighted by Gasteiger charge is 2.70. The van der Waals surface area contributed by atoms with Gasteiger partial charge in [0.05, 0.1) is 37.6 Å². The van der Waals surface area contributed by atoms with E-state index < -0.39 is 139 Å². The topological polar surface area (TPSA) is 315 Å². The summed E-state index contributed by atoms with van der Waals surface area (Å²) in [5, 5.41) is 130. The van der Waals surface area contributed by atoms with E-state index in [1.54, 1.807) is 0 Å². The molecule has 8 rings (SSSR count). The number of fused-ring (bicyclic) bond motifs is 7. The summed E-state index contributed by atoms with van der Waals surface area (Å²) in [6.45, 7) is 15.7. The zero-order valence-corrected chi connectivity index (χ0v) is 40.0. The van der Waals surface area contributed by atoms with Gasteiger partial charge in [0.15, 0.2) is 25.0 Å². The molecule has 3 aliphatic heterocycles. The van der Waals surface area contributed by atoms with Crippen molar-refractivity contribution in [2.24, 2.45) is 50.2 Å². The Balaban J connectivity index is 1.06. The predicted molar refractivity (Wildman–Crippen MR) is 232 cm³/mol. The normalized spacial score (nSPS) is 56.4. The molecule has 3 heterocycles. The minimum Gasteiger partial charge on any atom is -0.479 e. The summed E-state index contributed by atoms with van der Waals surface area (Å²) in [4.78, 5) is 12.5. The first-order valence-electron chi connectivity index (χ1n) is 24.4. The van der Waals surface area contributed by atoms with E-state index in [4.69, 9.17) is 28.4 Å². The molecule has 0 bridgehead atoms. The minimum atomic E-state index is -2.04. The monoisotopic (exact) mass is 959 g/mol. The molecule has 384 valence electrons. The zero-order chi connectivity index (χ0) is 49.3. The van der Waals surface area contributed by atoms with Gasteiger partial charge in [-0.25, -0.2) is 4.79 Å². The molecule has 0 unspecified atom stereocenters. The summed E-state index contributed by atoms with van der Waals surface area (Å²) in [5.41, 5.74) is -1.19. The van der Waals surface area contributed by atoms with Crippen molar-refractivity contribution in [3.63, 3.8) is 0 Å². The fourth-order valence-corrected chi connectivity index (χ4v) is 15.2. The van der Waals surface area contributed by atoms with Crippen molar-refractivity contribution >= 4 is 5.97 Å². The molecular formula is C48H78O19. The number of carbonyl (C=O) groups is 1. The van der Waals surface area contributed by atoms with Gasteiger partial charge in [-0.3, -0.25) is 0 Å². The van der Waals surface area contributed by atoms with Crippen LogP contribution >= 0.6 is 0 Å². The molecule has 12 N–H and O–H groups in total. The van der Waals surface area contributed by atoms with Crippen molar-refractivity contribution < 1.29 is 94.5 Å². The third-order valence-electron chi connectivity index (χ3n) is 19.8. The van der Waals surface area contributed by atoms with Crippen molar-refractivity contribution in [2.45, 2.75) is 217 Å². The van der Waals surface area contributed by atoms with Crippen LogP contribution < -0.4 is 0 Å². The molecule has 7 fully saturated rings. The number of aliphatic hydroxyl groups is 11. The van der Waals surface area contributed by atoms with E-state index in [1.807, 2.05) is 6.92 Å². The number of aliphatic hydroxyl groups excluding tert-OH is 11. The van der Waals surface area contributed by atoms with Gasteiger partial charge in [0.1, 0.15) is 61.0 Å². The highest BCUT2D eigenvalue weighted by molar-refractivity contribution is 5.73. The number of carboxylic acids is 1. The van der Waals surface area contributed by atoms with Gasteiger partial charge < -0.3 is 89.7 Å². The average Bonchev–Trinajstić information content (AvgIpc) is 3.27.